The van der Waals surface area contributed by atoms with Gasteiger partial charge in [-0.1, -0.05) is 23.9 Å². The van der Waals surface area contributed by atoms with Crippen LogP contribution in [-0.2, 0) is 0 Å². The number of carbonyl (C=O) groups is 1. The number of nitrogen functional groups attached to an aromatic ring is 1. The number of rotatable bonds is 4. The van der Waals surface area contributed by atoms with Gasteiger partial charge < -0.3 is 20.5 Å². The molecule has 1 aliphatic rings. The van der Waals surface area contributed by atoms with Crippen molar-refractivity contribution in [3.8, 4) is 11.5 Å². The summed E-state index contributed by atoms with van der Waals surface area (Å²) >= 11 is 1.52. The van der Waals surface area contributed by atoms with E-state index in [0.29, 0.717) is 28.4 Å². The molecule has 0 atom stereocenters. The van der Waals surface area contributed by atoms with Gasteiger partial charge in [0, 0.05) is 27.2 Å². The normalized spacial score (nSPS) is 12.0. The van der Waals surface area contributed by atoms with Crippen molar-refractivity contribution >= 4 is 29.0 Å². The largest absolute Gasteiger partial charge is 0.454 e. The molecule has 0 bridgehead atoms. The predicted molar refractivity (Wildman–Crippen MR) is 102 cm³/mol. The molecule has 3 N–H and O–H groups in total. The van der Waals surface area contributed by atoms with Crippen LogP contribution in [0.5, 0.6) is 11.5 Å². The number of fused-ring (bicyclic) bond motifs is 1. The highest BCUT2D eigenvalue weighted by atomic mass is 32.2. The third kappa shape index (κ3) is 3.45. The first kappa shape index (κ1) is 16.4. The van der Waals surface area contributed by atoms with Gasteiger partial charge in [-0.05, 0) is 48.5 Å². The minimum Gasteiger partial charge on any atom is -0.454 e. The van der Waals surface area contributed by atoms with Crippen molar-refractivity contribution in [3.05, 3.63) is 72.3 Å². The SMILES string of the molecule is Nc1ccc(Sc2ccccc2C(=O)Nc2ccc3c(c2)OCO3)cc1. The Kier molecular flexibility index (Phi) is 4.41. The zero-order valence-electron chi connectivity index (χ0n) is 13.8. The zero-order chi connectivity index (χ0) is 17.9. The first-order valence-electron chi connectivity index (χ1n) is 8.02. The van der Waals surface area contributed by atoms with Gasteiger partial charge in [0.1, 0.15) is 0 Å². The van der Waals surface area contributed by atoms with E-state index in [1.165, 1.54) is 11.8 Å². The zero-order valence-corrected chi connectivity index (χ0v) is 14.6. The minimum atomic E-state index is -0.178. The standard InChI is InChI=1S/C20H16N2O3S/c21-13-5-8-15(9-6-13)26-19-4-2-1-3-16(19)20(23)22-14-7-10-17-18(11-14)25-12-24-17/h1-11H,12,21H2,(H,22,23). The number of hydrogen-bond acceptors (Lipinski definition) is 5. The van der Waals surface area contributed by atoms with Crippen LogP contribution in [0, 0.1) is 0 Å². The van der Waals surface area contributed by atoms with Crippen LogP contribution in [0.15, 0.2) is 76.5 Å². The number of nitrogens with two attached hydrogens (primary N) is 1. The number of hydrogen-bond donors (Lipinski definition) is 2. The number of nitrogens with one attached hydrogen (secondary N) is 1. The Labute approximate surface area is 155 Å². The van der Waals surface area contributed by atoms with E-state index in [1.54, 1.807) is 18.2 Å². The highest BCUT2D eigenvalue weighted by molar-refractivity contribution is 7.99. The van der Waals surface area contributed by atoms with Gasteiger partial charge in [-0.2, -0.15) is 0 Å². The minimum absolute atomic E-state index is 0.178. The average molecular weight is 364 g/mol. The second-order valence-corrected chi connectivity index (χ2v) is 6.80. The molecule has 0 saturated heterocycles. The molecule has 0 fully saturated rings. The molecule has 4 rings (SSSR count). The van der Waals surface area contributed by atoms with Crippen molar-refractivity contribution < 1.29 is 14.3 Å². The van der Waals surface area contributed by atoms with E-state index in [0.717, 1.165) is 9.79 Å². The van der Waals surface area contributed by atoms with Gasteiger partial charge in [-0.3, -0.25) is 4.79 Å². The molecule has 1 amide bonds. The van der Waals surface area contributed by atoms with Crippen molar-refractivity contribution in [1.29, 1.82) is 0 Å². The van der Waals surface area contributed by atoms with Crippen molar-refractivity contribution in [3.63, 3.8) is 0 Å². The monoisotopic (exact) mass is 364 g/mol. The smallest absolute Gasteiger partial charge is 0.256 e. The van der Waals surface area contributed by atoms with Gasteiger partial charge in [0.2, 0.25) is 6.79 Å². The maximum Gasteiger partial charge on any atom is 0.256 e. The van der Waals surface area contributed by atoms with Crippen LogP contribution >= 0.6 is 11.8 Å². The number of benzene rings is 3. The van der Waals surface area contributed by atoms with Gasteiger partial charge in [0.05, 0.1) is 5.56 Å². The summed E-state index contributed by atoms with van der Waals surface area (Å²) in [5.41, 5.74) is 7.70. The summed E-state index contributed by atoms with van der Waals surface area (Å²) in [6, 6.07) is 20.4. The Bertz CT molecular complexity index is 958. The molecule has 0 aromatic heterocycles. The van der Waals surface area contributed by atoms with Gasteiger partial charge in [0.25, 0.3) is 5.91 Å². The van der Waals surface area contributed by atoms with Crippen LogP contribution in [0.3, 0.4) is 0 Å². The Morgan fingerprint density at radius 1 is 0.962 bits per heavy atom. The van der Waals surface area contributed by atoms with Gasteiger partial charge >= 0.3 is 0 Å². The summed E-state index contributed by atoms with van der Waals surface area (Å²) in [7, 11) is 0. The Morgan fingerprint density at radius 3 is 2.58 bits per heavy atom. The van der Waals surface area contributed by atoms with Crippen LogP contribution in [0.1, 0.15) is 10.4 Å². The lowest BCUT2D eigenvalue weighted by atomic mass is 10.2. The van der Waals surface area contributed by atoms with Crippen LogP contribution in [-0.4, -0.2) is 12.7 Å². The van der Waals surface area contributed by atoms with Crippen LogP contribution in [0.2, 0.25) is 0 Å². The highest BCUT2D eigenvalue weighted by Crippen LogP contribution is 2.35. The second kappa shape index (κ2) is 7.01. The third-order valence-corrected chi connectivity index (χ3v) is 4.95. The molecule has 6 heteroatoms. The molecule has 0 aliphatic carbocycles. The molecule has 130 valence electrons. The molecule has 0 saturated carbocycles. The van der Waals surface area contributed by atoms with E-state index in [2.05, 4.69) is 5.32 Å². The molecule has 5 nitrogen and oxygen atoms in total. The van der Waals surface area contributed by atoms with Crippen LogP contribution in [0.25, 0.3) is 0 Å². The van der Waals surface area contributed by atoms with Gasteiger partial charge in [-0.15, -0.1) is 0 Å². The summed E-state index contributed by atoms with van der Waals surface area (Å²) in [6.45, 7) is 0.202. The maximum atomic E-state index is 12.8. The summed E-state index contributed by atoms with van der Waals surface area (Å²) in [5, 5.41) is 2.92. The van der Waals surface area contributed by atoms with Crippen LogP contribution < -0.4 is 20.5 Å². The van der Waals surface area contributed by atoms with Crippen molar-refractivity contribution in [2.45, 2.75) is 9.79 Å². The van der Waals surface area contributed by atoms with Crippen LogP contribution in [0.4, 0.5) is 11.4 Å². The summed E-state index contributed by atoms with van der Waals surface area (Å²) < 4.78 is 10.6. The number of carbonyl (C=O) groups excluding carboxylic acids is 1. The number of anilines is 2. The highest BCUT2D eigenvalue weighted by Gasteiger charge is 2.16. The van der Waals surface area contributed by atoms with Crippen molar-refractivity contribution in [2.24, 2.45) is 0 Å². The Balaban J connectivity index is 1.55. The molecule has 1 aliphatic heterocycles. The average Bonchev–Trinajstić information content (AvgIpc) is 3.12. The fourth-order valence-electron chi connectivity index (χ4n) is 2.58. The Morgan fingerprint density at radius 2 is 1.73 bits per heavy atom. The van der Waals surface area contributed by atoms with Crippen molar-refractivity contribution in [2.75, 3.05) is 17.8 Å². The summed E-state index contributed by atoms with van der Waals surface area (Å²) in [6.07, 6.45) is 0. The molecule has 26 heavy (non-hydrogen) atoms. The number of amides is 1. The van der Waals surface area contributed by atoms with E-state index in [9.17, 15) is 4.79 Å². The fourth-order valence-corrected chi connectivity index (χ4v) is 3.52. The summed E-state index contributed by atoms with van der Waals surface area (Å²) in [4.78, 5) is 14.6. The van der Waals surface area contributed by atoms with Gasteiger partial charge in [0.15, 0.2) is 11.5 Å². The summed E-state index contributed by atoms with van der Waals surface area (Å²) in [5.74, 6) is 1.14. The molecule has 0 unspecified atom stereocenters. The number of ether oxygens (including phenoxy) is 2. The van der Waals surface area contributed by atoms with E-state index >= 15 is 0 Å². The van der Waals surface area contributed by atoms with E-state index < -0.39 is 0 Å². The lowest BCUT2D eigenvalue weighted by Gasteiger charge is -2.10. The topological polar surface area (TPSA) is 73.6 Å². The molecular weight excluding hydrogens is 348 g/mol. The fraction of sp³-hybridized carbons (Fsp3) is 0.0500. The lowest BCUT2D eigenvalue weighted by molar-refractivity contribution is 0.102. The molecular formula is C20H16N2O3S. The second-order valence-electron chi connectivity index (χ2n) is 5.69. The van der Waals surface area contributed by atoms with E-state index in [1.807, 2.05) is 48.5 Å². The van der Waals surface area contributed by atoms with Gasteiger partial charge in [-0.25, -0.2) is 0 Å². The van der Waals surface area contributed by atoms with E-state index in [4.69, 9.17) is 15.2 Å². The first-order valence-corrected chi connectivity index (χ1v) is 8.84. The third-order valence-electron chi connectivity index (χ3n) is 3.87. The molecule has 0 radical (unpaired) electrons. The molecule has 3 aromatic carbocycles. The molecule has 3 aromatic rings. The lowest BCUT2D eigenvalue weighted by Crippen LogP contribution is -2.12. The predicted octanol–water partition coefficient (Wildman–Crippen LogP) is 4.40. The van der Waals surface area contributed by atoms with Crippen molar-refractivity contribution in [1.82, 2.24) is 0 Å². The molecule has 1 heterocycles. The first-order chi connectivity index (χ1) is 12.7. The quantitative estimate of drug-likeness (QED) is 0.671. The molecule has 0 spiro atoms. The Hall–Kier alpha value is -3.12. The maximum absolute atomic E-state index is 12.8. The van der Waals surface area contributed by atoms with E-state index in [-0.39, 0.29) is 12.7 Å².